The summed E-state index contributed by atoms with van der Waals surface area (Å²) in [5.41, 5.74) is 6.76. The molecule has 1 saturated heterocycles. The van der Waals surface area contributed by atoms with Gasteiger partial charge in [0.25, 0.3) is 0 Å². The molecule has 0 aromatic carbocycles. The number of fused-ring (bicyclic) bond motifs is 1. The van der Waals surface area contributed by atoms with Gasteiger partial charge in [-0.05, 0) is 6.92 Å². The zero-order chi connectivity index (χ0) is 15.9. The van der Waals surface area contributed by atoms with Crippen molar-refractivity contribution < 1.29 is 13.2 Å². The van der Waals surface area contributed by atoms with Crippen molar-refractivity contribution in [2.24, 2.45) is 0 Å². The van der Waals surface area contributed by atoms with Crippen LogP contribution in [0.1, 0.15) is 6.92 Å². The molecule has 0 saturated carbocycles. The molecule has 2 aromatic rings. The lowest BCUT2D eigenvalue weighted by molar-refractivity contribution is -0.179. The van der Waals surface area contributed by atoms with Crippen LogP contribution in [0.4, 0.5) is 24.9 Å². The summed E-state index contributed by atoms with van der Waals surface area (Å²) in [4.78, 5) is 18.5. The number of hydrogen-bond donors (Lipinski definition) is 2. The van der Waals surface area contributed by atoms with Crippen molar-refractivity contribution >= 4 is 22.9 Å². The number of imidazole rings is 1. The Labute approximate surface area is 124 Å². The van der Waals surface area contributed by atoms with E-state index in [0.717, 1.165) is 0 Å². The molecule has 2 aromatic heterocycles. The fourth-order valence-corrected chi connectivity index (χ4v) is 2.59. The summed E-state index contributed by atoms with van der Waals surface area (Å²) in [6.07, 6.45) is -2.72. The van der Waals surface area contributed by atoms with Gasteiger partial charge in [0.2, 0.25) is 5.95 Å². The van der Waals surface area contributed by atoms with Crippen LogP contribution in [0.5, 0.6) is 0 Å². The standard InChI is InChI=1S/C12H16F3N7/c1-7(12(13,14)15)21-2-4-22(5-3-21)10-8-9(18-6-17-8)19-11(16)20-10/h6-7H,2-5H2,1H3,(H3,16,17,18,19,20)/t7-/m1/s1. The van der Waals surface area contributed by atoms with Crippen LogP contribution in [0.25, 0.3) is 11.2 Å². The smallest absolute Gasteiger partial charge is 0.368 e. The first-order chi connectivity index (χ1) is 10.4. The maximum atomic E-state index is 12.8. The number of nitrogens with zero attached hydrogens (tertiary/aromatic N) is 5. The topological polar surface area (TPSA) is 87.0 Å². The first-order valence-electron chi connectivity index (χ1n) is 6.88. The van der Waals surface area contributed by atoms with Crippen molar-refractivity contribution in [3.05, 3.63) is 6.33 Å². The molecule has 0 spiro atoms. The van der Waals surface area contributed by atoms with Crippen molar-refractivity contribution in [3.8, 4) is 0 Å². The molecule has 0 radical (unpaired) electrons. The maximum absolute atomic E-state index is 12.8. The van der Waals surface area contributed by atoms with Gasteiger partial charge >= 0.3 is 6.18 Å². The number of aromatic amines is 1. The Hall–Kier alpha value is -2.10. The molecule has 0 unspecified atom stereocenters. The van der Waals surface area contributed by atoms with Crippen molar-refractivity contribution in [1.82, 2.24) is 24.8 Å². The lowest BCUT2D eigenvalue weighted by Gasteiger charge is -2.39. The van der Waals surface area contributed by atoms with Crippen LogP contribution in [-0.4, -0.2) is 63.2 Å². The molecule has 3 rings (SSSR count). The number of halogens is 3. The highest BCUT2D eigenvalue weighted by Gasteiger charge is 2.41. The van der Waals surface area contributed by atoms with Crippen LogP contribution in [0.3, 0.4) is 0 Å². The predicted molar refractivity (Wildman–Crippen MR) is 75.4 cm³/mol. The van der Waals surface area contributed by atoms with E-state index in [1.165, 1.54) is 18.2 Å². The second kappa shape index (κ2) is 5.27. The fourth-order valence-electron chi connectivity index (χ4n) is 2.59. The number of H-pyrrole nitrogens is 1. The summed E-state index contributed by atoms with van der Waals surface area (Å²) in [7, 11) is 0. The molecule has 0 aliphatic carbocycles. The summed E-state index contributed by atoms with van der Waals surface area (Å²) in [6.45, 7) is 2.67. The van der Waals surface area contributed by atoms with Gasteiger partial charge in [0.05, 0.1) is 6.33 Å². The van der Waals surface area contributed by atoms with E-state index in [0.29, 0.717) is 43.2 Å². The minimum absolute atomic E-state index is 0.0979. The third-order valence-corrected chi connectivity index (χ3v) is 3.92. The Morgan fingerprint density at radius 2 is 1.91 bits per heavy atom. The minimum Gasteiger partial charge on any atom is -0.368 e. The van der Waals surface area contributed by atoms with E-state index in [1.807, 2.05) is 4.90 Å². The van der Waals surface area contributed by atoms with E-state index in [4.69, 9.17) is 5.73 Å². The first kappa shape index (κ1) is 14.8. The Kier molecular flexibility index (Phi) is 3.55. The van der Waals surface area contributed by atoms with Gasteiger partial charge in [-0.15, -0.1) is 0 Å². The van der Waals surface area contributed by atoms with Gasteiger partial charge in [0.15, 0.2) is 11.5 Å². The van der Waals surface area contributed by atoms with Gasteiger partial charge in [-0.25, -0.2) is 4.98 Å². The number of nitrogens with two attached hydrogens (primary N) is 1. The molecule has 10 heteroatoms. The molecule has 0 amide bonds. The maximum Gasteiger partial charge on any atom is 0.403 e. The van der Waals surface area contributed by atoms with Crippen molar-refractivity contribution in [2.75, 3.05) is 36.8 Å². The number of aromatic nitrogens is 4. The lowest BCUT2D eigenvalue weighted by atomic mass is 10.2. The average molecular weight is 315 g/mol. The predicted octanol–water partition coefficient (Wildman–Crippen LogP) is 1.01. The van der Waals surface area contributed by atoms with Gasteiger partial charge in [-0.1, -0.05) is 0 Å². The minimum atomic E-state index is -4.21. The zero-order valence-corrected chi connectivity index (χ0v) is 11.9. The summed E-state index contributed by atoms with van der Waals surface area (Å²) in [5, 5.41) is 0. The summed E-state index contributed by atoms with van der Waals surface area (Å²) >= 11 is 0. The molecule has 3 N–H and O–H groups in total. The Bertz CT molecular complexity index is 660. The molecule has 22 heavy (non-hydrogen) atoms. The Morgan fingerprint density at radius 3 is 2.55 bits per heavy atom. The second-order valence-corrected chi connectivity index (χ2v) is 5.25. The van der Waals surface area contributed by atoms with Gasteiger partial charge in [0, 0.05) is 26.2 Å². The summed E-state index contributed by atoms with van der Waals surface area (Å²) < 4.78 is 38.3. The summed E-state index contributed by atoms with van der Waals surface area (Å²) in [6, 6.07) is -1.45. The highest BCUT2D eigenvalue weighted by molar-refractivity contribution is 5.84. The molecule has 0 bridgehead atoms. The van der Waals surface area contributed by atoms with E-state index >= 15 is 0 Å². The second-order valence-electron chi connectivity index (χ2n) is 5.25. The number of rotatable bonds is 2. The van der Waals surface area contributed by atoms with E-state index in [9.17, 15) is 13.2 Å². The van der Waals surface area contributed by atoms with E-state index in [-0.39, 0.29) is 5.95 Å². The van der Waals surface area contributed by atoms with Gasteiger partial charge in [-0.3, -0.25) is 4.90 Å². The Morgan fingerprint density at radius 1 is 1.23 bits per heavy atom. The van der Waals surface area contributed by atoms with E-state index in [2.05, 4.69) is 19.9 Å². The van der Waals surface area contributed by atoms with Crippen LogP contribution >= 0.6 is 0 Å². The zero-order valence-electron chi connectivity index (χ0n) is 11.9. The Balaban J connectivity index is 1.77. The van der Waals surface area contributed by atoms with Crippen LogP contribution in [0.15, 0.2) is 6.33 Å². The van der Waals surface area contributed by atoms with E-state index in [1.54, 1.807) is 0 Å². The largest absolute Gasteiger partial charge is 0.403 e. The van der Waals surface area contributed by atoms with Crippen LogP contribution in [0.2, 0.25) is 0 Å². The van der Waals surface area contributed by atoms with Gasteiger partial charge in [0.1, 0.15) is 11.6 Å². The van der Waals surface area contributed by atoms with Crippen LogP contribution in [-0.2, 0) is 0 Å². The number of piperazine rings is 1. The molecule has 1 atom stereocenters. The highest BCUT2D eigenvalue weighted by Crippen LogP contribution is 2.27. The fraction of sp³-hybridized carbons (Fsp3) is 0.583. The average Bonchev–Trinajstić information content (AvgIpc) is 2.93. The van der Waals surface area contributed by atoms with Crippen molar-refractivity contribution in [2.45, 2.75) is 19.1 Å². The molecule has 120 valence electrons. The van der Waals surface area contributed by atoms with Gasteiger partial charge < -0.3 is 15.6 Å². The number of nitrogens with one attached hydrogen (secondary N) is 1. The monoisotopic (exact) mass is 315 g/mol. The highest BCUT2D eigenvalue weighted by atomic mass is 19.4. The lowest BCUT2D eigenvalue weighted by Crippen LogP contribution is -2.53. The first-order valence-corrected chi connectivity index (χ1v) is 6.88. The quantitative estimate of drug-likeness (QED) is 0.860. The van der Waals surface area contributed by atoms with Crippen LogP contribution < -0.4 is 10.6 Å². The molecular weight excluding hydrogens is 299 g/mol. The molecule has 1 fully saturated rings. The molecular formula is C12H16F3N7. The molecule has 7 nitrogen and oxygen atoms in total. The third kappa shape index (κ3) is 2.65. The van der Waals surface area contributed by atoms with Crippen LogP contribution in [0, 0.1) is 0 Å². The van der Waals surface area contributed by atoms with Crippen molar-refractivity contribution in [1.29, 1.82) is 0 Å². The normalized spacial score (nSPS) is 18.8. The summed E-state index contributed by atoms with van der Waals surface area (Å²) in [5.74, 6) is 0.681. The SMILES string of the molecule is C[C@@H](N1CCN(c2nc(N)nc3nc[nH]c23)CC1)C(F)(F)F. The number of nitrogen functional groups attached to an aromatic ring is 1. The number of hydrogen-bond acceptors (Lipinski definition) is 6. The number of anilines is 2. The molecule has 1 aliphatic rings. The number of alkyl halides is 3. The van der Waals surface area contributed by atoms with Crippen molar-refractivity contribution in [3.63, 3.8) is 0 Å². The van der Waals surface area contributed by atoms with Gasteiger partial charge in [-0.2, -0.15) is 23.1 Å². The molecule has 1 aliphatic heterocycles. The molecule has 3 heterocycles. The third-order valence-electron chi connectivity index (χ3n) is 3.92. The van der Waals surface area contributed by atoms with E-state index < -0.39 is 12.2 Å².